The highest BCUT2D eigenvalue weighted by molar-refractivity contribution is 7.63. The molecule has 1 rings (SSSR count). The van der Waals surface area contributed by atoms with Gasteiger partial charge in [-0.15, -0.1) is 0 Å². The second-order valence-corrected chi connectivity index (χ2v) is 12.9. The molecule has 176 valence electrons. The number of alkyl carbamates (subject to hydrolysis) is 1. The van der Waals surface area contributed by atoms with Crippen LogP contribution in [0.4, 0.5) is 10.5 Å². The number of nitrogens with two attached hydrogens (primary N) is 2. The van der Waals surface area contributed by atoms with E-state index in [1.165, 1.54) is 0 Å². The van der Waals surface area contributed by atoms with E-state index in [4.69, 9.17) is 16.2 Å². The largest absolute Gasteiger partial charge is 0.462 e. The first-order chi connectivity index (χ1) is 13.9. The summed E-state index contributed by atoms with van der Waals surface area (Å²) in [6.07, 6.45) is -0.132. The van der Waals surface area contributed by atoms with E-state index in [-0.39, 0.29) is 17.3 Å². The van der Waals surface area contributed by atoms with Gasteiger partial charge in [-0.2, -0.15) is 0 Å². The van der Waals surface area contributed by atoms with Crippen LogP contribution in [0.25, 0.3) is 0 Å². The molecule has 0 bridgehead atoms. The second-order valence-electron chi connectivity index (χ2n) is 9.32. The van der Waals surface area contributed by atoms with Crippen LogP contribution in [-0.2, 0) is 25.3 Å². The number of hydrogen-bond acceptors (Lipinski definition) is 7. The monoisotopic (exact) mass is 456 g/mol. The van der Waals surface area contributed by atoms with Gasteiger partial charge in [0.05, 0.1) is 18.6 Å². The Hall–Kier alpha value is -2.38. The molecule has 1 unspecified atom stereocenters. The number of rotatable bonds is 5. The summed E-state index contributed by atoms with van der Waals surface area (Å²) in [6, 6.07) is 7.19. The summed E-state index contributed by atoms with van der Waals surface area (Å²) >= 11 is 0. The fraction of sp³-hybridized carbons (Fsp3) is 0.571. The van der Waals surface area contributed by atoms with Crippen molar-refractivity contribution in [3.05, 3.63) is 29.8 Å². The van der Waals surface area contributed by atoms with Crippen LogP contribution in [0, 0.1) is 0 Å². The minimum absolute atomic E-state index is 0.0553. The van der Waals surface area contributed by atoms with Gasteiger partial charge in [-0.25, -0.2) is 9.79 Å². The van der Waals surface area contributed by atoms with E-state index in [9.17, 15) is 14.2 Å². The van der Waals surface area contributed by atoms with Gasteiger partial charge in [0.25, 0.3) is 6.47 Å². The van der Waals surface area contributed by atoms with E-state index in [1.54, 1.807) is 46.2 Å². The summed E-state index contributed by atoms with van der Waals surface area (Å²) in [7, 11) is -2.32. The molecule has 0 spiro atoms. The van der Waals surface area contributed by atoms with Crippen molar-refractivity contribution in [2.24, 2.45) is 16.5 Å². The van der Waals surface area contributed by atoms with Crippen molar-refractivity contribution in [1.29, 1.82) is 0 Å². The molecule has 9 nitrogen and oxygen atoms in total. The lowest BCUT2D eigenvalue weighted by Gasteiger charge is -2.19. The maximum Gasteiger partial charge on any atom is 0.414 e. The summed E-state index contributed by atoms with van der Waals surface area (Å²) < 4.78 is 21.6. The van der Waals surface area contributed by atoms with Crippen molar-refractivity contribution in [1.82, 2.24) is 5.32 Å². The Bertz CT molecular complexity index is 789. The van der Waals surface area contributed by atoms with Crippen LogP contribution in [0.2, 0.25) is 0 Å². The molecule has 0 aliphatic rings. The topological polar surface area (TPSA) is 146 Å². The molecule has 1 aromatic carbocycles. The number of amides is 1. The van der Waals surface area contributed by atoms with Crippen molar-refractivity contribution in [3.63, 3.8) is 0 Å². The van der Waals surface area contributed by atoms with Gasteiger partial charge in [0.2, 0.25) is 5.96 Å². The first-order valence-electron chi connectivity index (χ1n) is 9.78. The highest BCUT2D eigenvalue weighted by Gasteiger charge is 2.19. The SMILES string of the molecule is CC(C)(C)OC(=O)NC(N)=Nc1ccc(CC(N)P(C)(C)=O)cc1.CC(C)(C)OC=O. The molecule has 0 saturated heterocycles. The van der Waals surface area contributed by atoms with Gasteiger partial charge >= 0.3 is 6.09 Å². The van der Waals surface area contributed by atoms with E-state index in [1.807, 2.05) is 32.9 Å². The highest BCUT2D eigenvalue weighted by atomic mass is 31.2. The lowest BCUT2D eigenvalue weighted by molar-refractivity contribution is -0.138. The number of carbonyl (C=O) groups excluding carboxylic acids is 2. The van der Waals surface area contributed by atoms with Gasteiger partial charge in [0.1, 0.15) is 11.2 Å². The summed E-state index contributed by atoms with van der Waals surface area (Å²) in [5.41, 5.74) is 12.2. The van der Waals surface area contributed by atoms with Crippen LogP contribution in [0.3, 0.4) is 0 Å². The molecule has 10 heteroatoms. The summed E-state index contributed by atoms with van der Waals surface area (Å²) in [4.78, 5) is 25.3. The van der Waals surface area contributed by atoms with Gasteiger partial charge in [0.15, 0.2) is 0 Å². The lowest BCUT2D eigenvalue weighted by atomic mass is 10.1. The predicted octanol–water partition coefficient (Wildman–Crippen LogP) is 3.57. The molecular formula is C21H37N4O5P. The molecule has 5 N–H and O–H groups in total. The second kappa shape index (κ2) is 11.9. The number of nitrogens with one attached hydrogen (secondary N) is 1. The van der Waals surface area contributed by atoms with Crippen LogP contribution in [0.1, 0.15) is 47.1 Å². The van der Waals surface area contributed by atoms with E-state index >= 15 is 0 Å². The average Bonchev–Trinajstić information content (AvgIpc) is 2.53. The average molecular weight is 457 g/mol. The van der Waals surface area contributed by atoms with Crippen LogP contribution in [0.5, 0.6) is 0 Å². The maximum absolute atomic E-state index is 11.9. The maximum atomic E-state index is 11.9. The molecule has 0 aromatic heterocycles. The zero-order valence-corrected chi connectivity index (χ0v) is 20.7. The fourth-order valence-electron chi connectivity index (χ4n) is 1.89. The van der Waals surface area contributed by atoms with Gasteiger partial charge in [-0.3, -0.25) is 10.1 Å². The molecular weight excluding hydrogens is 419 g/mol. The van der Waals surface area contributed by atoms with Gasteiger partial charge in [-0.05, 0) is 79.0 Å². The third kappa shape index (κ3) is 15.1. The first kappa shape index (κ1) is 28.6. The Balaban J connectivity index is 0.00000110. The molecule has 0 aliphatic heterocycles. The van der Waals surface area contributed by atoms with E-state index in [0.29, 0.717) is 18.6 Å². The van der Waals surface area contributed by atoms with Gasteiger partial charge < -0.3 is 25.5 Å². The Morgan fingerprint density at radius 2 is 1.65 bits per heavy atom. The molecule has 1 atom stereocenters. The van der Waals surface area contributed by atoms with E-state index in [2.05, 4.69) is 15.0 Å². The van der Waals surface area contributed by atoms with E-state index < -0.39 is 18.8 Å². The minimum Gasteiger partial charge on any atom is -0.462 e. The van der Waals surface area contributed by atoms with E-state index in [0.717, 1.165) is 5.56 Å². The minimum atomic E-state index is -2.32. The molecule has 0 aliphatic carbocycles. The molecule has 0 fully saturated rings. The van der Waals surface area contributed by atoms with Crippen LogP contribution in [-0.4, -0.2) is 48.8 Å². The Labute approximate surface area is 185 Å². The number of hydrogen-bond donors (Lipinski definition) is 3. The number of ether oxygens (including phenoxy) is 2. The van der Waals surface area contributed by atoms with Crippen LogP contribution in [0.15, 0.2) is 29.3 Å². The Morgan fingerprint density at radius 3 is 2.00 bits per heavy atom. The highest BCUT2D eigenvalue weighted by Crippen LogP contribution is 2.40. The third-order valence-electron chi connectivity index (χ3n) is 3.46. The Kier molecular flexibility index (Phi) is 11.0. The first-order valence-corrected chi connectivity index (χ1v) is 12.4. The number of aliphatic imine (C=N–C) groups is 1. The zero-order chi connectivity index (χ0) is 24.5. The van der Waals surface area contributed by atoms with Gasteiger partial charge in [0, 0.05) is 0 Å². The smallest absolute Gasteiger partial charge is 0.414 e. The van der Waals surface area contributed by atoms with Crippen molar-refractivity contribution >= 4 is 31.4 Å². The summed E-state index contributed by atoms with van der Waals surface area (Å²) in [6.45, 7) is 14.6. The molecule has 0 radical (unpaired) electrons. The molecule has 1 aromatic rings. The Morgan fingerprint density at radius 1 is 1.13 bits per heavy atom. The van der Waals surface area contributed by atoms with Crippen LogP contribution < -0.4 is 16.8 Å². The molecule has 1 amide bonds. The van der Waals surface area contributed by atoms with Crippen LogP contribution >= 0.6 is 7.14 Å². The number of guanidine groups is 1. The number of carbonyl (C=O) groups is 2. The van der Waals surface area contributed by atoms with Gasteiger partial charge in [-0.1, -0.05) is 12.1 Å². The lowest BCUT2D eigenvalue weighted by Crippen LogP contribution is -2.40. The molecule has 0 heterocycles. The standard InChI is InChI=1S/C16H27N4O3P.C5H10O2/c1-16(2,3)23-15(21)20-14(18)19-12-8-6-11(7-9-12)10-13(17)24(4,5)22;1-5(2,3)7-4-6/h6-9,13H,10,17H2,1-5H3,(H3,18,19,20,21);4H,1-3H3. The number of nitrogens with zero attached hydrogens (tertiary/aromatic N) is 1. The van der Waals surface area contributed by atoms with Crippen molar-refractivity contribution in [3.8, 4) is 0 Å². The quantitative estimate of drug-likeness (QED) is 0.266. The predicted molar refractivity (Wildman–Crippen MR) is 125 cm³/mol. The molecule has 0 saturated carbocycles. The summed E-state index contributed by atoms with van der Waals surface area (Å²) in [5.74, 6) is -0.425. The molecule has 31 heavy (non-hydrogen) atoms. The normalized spacial score (nSPS) is 13.4. The fourth-order valence-corrected chi connectivity index (χ4v) is 2.54. The van der Waals surface area contributed by atoms with Crippen molar-refractivity contribution < 1.29 is 23.6 Å². The zero-order valence-electron chi connectivity index (χ0n) is 19.8. The van der Waals surface area contributed by atoms with Crippen molar-refractivity contribution in [2.45, 2.75) is 64.9 Å². The number of benzene rings is 1. The summed E-state index contributed by atoms with van der Waals surface area (Å²) in [5, 5.41) is 2.36. The van der Waals surface area contributed by atoms with Crippen molar-refractivity contribution in [2.75, 3.05) is 13.3 Å². The third-order valence-corrected chi connectivity index (χ3v) is 5.24.